The van der Waals surface area contributed by atoms with Gasteiger partial charge < -0.3 is 5.11 Å². The molecule has 46 valence electrons. The molecule has 0 aromatic heterocycles. The molecule has 0 aliphatic heterocycles. The molecule has 1 rings (SSSR count). The summed E-state index contributed by atoms with van der Waals surface area (Å²) < 4.78 is 0. The molecular formula is C7H12O. The minimum absolute atomic E-state index is 0.586. The van der Waals surface area contributed by atoms with E-state index in [1.807, 2.05) is 6.08 Å². The zero-order valence-corrected chi connectivity index (χ0v) is 5.22. The van der Waals surface area contributed by atoms with E-state index in [2.05, 4.69) is 6.92 Å². The fourth-order valence-corrected chi connectivity index (χ4v) is 0.951. The summed E-state index contributed by atoms with van der Waals surface area (Å²) in [7, 11) is 0. The molecule has 0 aromatic carbocycles. The van der Waals surface area contributed by atoms with Crippen molar-refractivity contribution in [1.82, 2.24) is 0 Å². The van der Waals surface area contributed by atoms with Gasteiger partial charge in [0.15, 0.2) is 0 Å². The van der Waals surface area contributed by atoms with Crippen molar-refractivity contribution in [2.75, 3.05) is 0 Å². The van der Waals surface area contributed by atoms with E-state index in [1.165, 1.54) is 0 Å². The summed E-state index contributed by atoms with van der Waals surface area (Å²) in [5.74, 6) is 1.37. The lowest BCUT2D eigenvalue weighted by atomic mass is 9.96. The molecule has 1 N–H and O–H groups in total. The van der Waals surface area contributed by atoms with E-state index in [1.54, 1.807) is 0 Å². The van der Waals surface area contributed by atoms with Crippen molar-refractivity contribution in [3.05, 3.63) is 11.8 Å². The smallest absolute Gasteiger partial charge is 0.0883 e. The summed E-state index contributed by atoms with van der Waals surface area (Å²) >= 11 is 0. The molecule has 0 heterocycles. The largest absolute Gasteiger partial charge is 0.513 e. The summed E-state index contributed by atoms with van der Waals surface area (Å²) in [6.45, 7) is 2.21. The number of aliphatic hydroxyl groups excluding tert-OH is 1. The fourth-order valence-electron chi connectivity index (χ4n) is 0.951. The summed E-state index contributed by atoms with van der Waals surface area (Å²) in [6.07, 6.45) is 5.03. The number of aliphatic hydroxyl groups is 1. The Labute approximate surface area is 50.0 Å². The van der Waals surface area contributed by atoms with E-state index >= 15 is 0 Å². The fraction of sp³-hybridized carbons (Fsp3) is 0.714. The predicted octanol–water partition coefficient (Wildman–Crippen LogP) is 2.25. The summed E-state index contributed by atoms with van der Waals surface area (Å²) in [5, 5.41) is 8.89. The average molecular weight is 112 g/mol. The lowest BCUT2D eigenvalue weighted by Gasteiger charge is -2.13. The van der Waals surface area contributed by atoms with Crippen LogP contribution in [0.25, 0.3) is 0 Å². The first-order chi connectivity index (χ1) is 3.79. The van der Waals surface area contributed by atoms with Crippen LogP contribution < -0.4 is 0 Å². The predicted molar refractivity (Wildman–Crippen MR) is 33.7 cm³/mol. The van der Waals surface area contributed by atoms with Crippen LogP contribution in [0.5, 0.6) is 0 Å². The van der Waals surface area contributed by atoms with Crippen LogP contribution in [0.15, 0.2) is 11.8 Å². The van der Waals surface area contributed by atoms with Crippen molar-refractivity contribution in [2.24, 2.45) is 5.92 Å². The summed E-state index contributed by atoms with van der Waals surface area (Å²) in [6, 6.07) is 0. The topological polar surface area (TPSA) is 20.2 Å². The third-order valence-corrected chi connectivity index (χ3v) is 1.65. The molecule has 0 saturated carbocycles. The molecule has 0 bridgehead atoms. The second-order valence-electron chi connectivity index (χ2n) is 2.58. The Morgan fingerprint density at radius 2 is 2.50 bits per heavy atom. The zero-order valence-electron chi connectivity index (χ0n) is 5.22. The summed E-state index contributed by atoms with van der Waals surface area (Å²) in [4.78, 5) is 0. The zero-order chi connectivity index (χ0) is 5.98. The Morgan fingerprint density at radius 1 is 1.75 bits per heavy atom. The van der Waals surface area contributed by atoms with Gasteiger partial charge in [0.1, 0.15) is 0 Å². The Morgan fingerprint density at radius 3 is 2.88 bits per heavy atom. The van der Waals surface area contributed by atoms with Gasteiger partial charge in [-0.05, 0) is 24.8 Å². The third kappa shape index (κ3) is 1.25. The van der Waals surface area contributed by atoms with Crippen molar-refractivity contribution in [3.8, 4) is 0 Å². The van der Waals surface area contributed by atoms with E-state index in [-0.39, 0.29) is 0 Å². The molecule has 0 amide bonds. The first-order valence-electron chi connectivity index (χ1n) is 3.17. The van der Waals surface area contributed by atoms with Gasteiger partial charge in [0.05, 0.1) is 5.76 Å². The second kappa shape index (κ2) is 2.21. The highest BCUT2D eigenvalue weighted by Gasteiger charge is 2.07. The van der Waals surface area contributed by atoms with Gasteiger partial charge in [-0.25, -0.2) is 0 Å². The molecule has 0 aromatic rings. The molecule has 1 nitrogen and oxygen atoms in total. The van der Waals surface area contributed by atoms with Gasteiger partial charge in [-0.3, -0.25) is 0 Å². The first kappa shape index (κ1) is 5.67. The molecular weight excluding hydrogens is 100 g/mol. The van der Waals surface area contributed by atoms with Crippen molar-refractivity contribution in [2.45, 2.75) is 26.2 Å². The molecule has 0 radical (unpaired) electrons. The van der Waals surface area contributed by atoms with E-state index in [9.17, 15) is 0 Å². The van der Waals surface area contributed by atoms with Crippen LogP contribution in [0.3, 0.4) is 0 Å². The van der Waals surface area contributed by atoms with Crippen LogP contribution >= 0.6 is 0 Å². The molecule has 0 fully saturated rings. The monoisotopic (exact) mass is 112 g/mol. The van der Waals surface area contributed by atoms with Crippen LogP contribution in [0.4, 0.5) is 0 Å². The van der Waals surface area contributed by atoms with Crippen molar-refractivity contribution in [1.29, 1.82) is 0 Å². The lowest BCUT2D eigenvalue weighted by molar-refractivity contribution is 0.344. The van der Waals surface area contributed by atoms with E-state index < -0.39 is 0 Å². The van der Waals surface area contributed by atoms with Gasteiger partial charge >= 0.3 is 0 Å². The van der Waals surface area contributed by atoms with Crippen molar-refractivity contribution < 1.29 is 5.11 Å². The highest BCUT2D eigenvalue weighted by molar-refractivity contribution is 4.95. The van der Waals surface area contributed by atoms with Crippen LogP contribution in [0, 0.1) is 5.92 Å². The maximum atomic E-state index is 8.89. The SMILES string of the molecule is C[C@@H]1CC=C(O)CC1. The molecule has 1 aliphatic rings. The minimum Gasteiger partial charge on any atom is -0.513 e. The maximum Gasteiger partial charge on any atom is 0.0883 e. The number of hydrogen-bond donors (Lipinski definition) is 1. The van der Waals surface area contributed by atoms with E-state index in [0.29, 0.717) is 5.76 Å². The van der Waals surface area contributed by atoms with Gasteiger partial charge in [0, 0.05) is 6.42 Å². The Hall–Kier alpha value is -0.460. The maximum absolute atomic E-state index is 8.89. The molecule has 0 unspecified atom stereocenters. The molecule has 1 atom stereocenters. The molecule has 0 saturated heterocycles. The summed E-state index contributed by atoms with van der Waals surface area (Å²) in [5.41, 5.74) is 0. The molecule has 1 heteroatoms. The average Bonchev–Trinajstić information content (AvgIpc) is 1.77. The second-order valence-corrected chi connectivity index (χ2v) is 2.58. The van der Waals surface area contributed by atoms with Gasteiger partial charge in [-0.1, -0.05) is 6.92 Å². The normalized spacial score (nSPS) is 29.6. The first-order valence-corrected chi connectivity index (χ1v) is 3.17. The van der Waals surface area contributed by atoms with E-state index in [0.717, 1.165) is 25.2 Å². The van der Waals surface area contributed by atoms with Crippen molar-refractivity contribution in [3.63, 3.8) is 0 Å². The number of allylic oxidation sites excluding steroid dienone is 2. The quantitative estimate of drug-likeness (QED) is 0.509. The van der Waals surface area contributed by atoms with Crippen molar-refractivity contribution >= 4 is 0 Å². The lowest BCUT2D eigenvalue weighted by Crippen LogP contribution is -2.00. The standard InChI is InChI=1S/C7H12O/c1-6-2-4-7(8)5-3-6/h4,6,8H,2-3,5H2,1H3/t6-/m1/s1. The highest BCUT2D eigenvalue weighted by Crippen LogP contribution is 2.20. The highest BCUT2D eigenvalue weighted by atomic mass is 16.3. The van der Waals surface area contributed by atoms with Gasteiger partial charge in [-0.15, -0.1) is 0 Å². The van der Waals surface area contributed by atoms with Gasteiger partial charge in [0.2, 0.25) is 0 Å². The molecule has 0 spiro atoms. The van der Waals surface area contributed by atoms with Crippen LogP contribution in [0.1, 0.15) is 26.2 Å². The minimum atomic E-state index is 0.586. The molecule has 8 heavy (non-hydrogen) atoms. The van der Waals surface area contributed by atoms with Crippen LogP contribution in [-0.4, -0.2) is 5.11 Å². The van der Waals surface area contributed by atoms with Crippen LogP contribution in [-0.2, 0) is 0 Å². The number of hydrogen-bond acceptors (Lipinski definition) is 1. The Kier molecular flexibility index (Phi) is 1.56. The van der Waals surface area contributed by atoms with Gasteiger partial charge in [-0.2, -0.15) is 0 Å². The molecule has 1 aliphatic carbocycles. The van der Waals surface area contributed by atoms with E-state index in [4.69, 9.17) is 5.11 Å². The third-order valence-electron chi connectivity index (χ3n) is 1.65. The van der Waals surface area contributed by atoms with Crippen LogP contribution in [0.2, 0.25) is 0 Å². The van der Waals surface area contributed by atoms with Gasteiger partial charge in [0.25, 0.3) is 0 Å². The number of rotatable bonds is 0. The Bertz CT molecular complexity index is 105. The Balaban J connectivity index is 2.42.